The van der Waals surface area contributed by atoms with Crippen molar-refractivity contribution >= 4 is 11.4 Å². The number of hydrogen-bond donors (Lipinski definition) is 0. The summed E-state index contributed by atoms with van der Waals surface area (Å²) in [4.78, 5) is 4.35. The summed E-state index contributed by atoms with van der Waals surface area (Å²) in [5.41, 5.74) is 3.51. The fourth-order valence-electron chi connectivity index (χ4n) is 1.06. The van der Waals surface area contributed by atoms with Crippen LogP contribution in [0.4, 0.5) is 5.69 Å². The van der Waals surface area contributed by atoms with E-state index >= 15 is 0 Å². The fourth-order valence-corrected chi connectivity index (χ4v) is 1.06. The zero-order chi connectivity index (χ0) is 8.97. The smallest absolute Gasteiger partial charge is 0.0628 e. The summed E-state index contributed by atoms with van der Waals surface area (Å²) in [6.45, 7) is 6.17. The van der Waals surface area contributed by atoms with Crippen molar-refractivity contribution in [3.05, 3.63) is 29.8 Å². The van der Waals surface area contributed by atoms with Gasteiger partial charge < -0.3 is 0 Å². The average molecular weight is 161 g/mol. The standard InChI is InChI=1S/C11H15N/c1-4-10-5-7-11(8-6-10)12-9(2)3/h5-8H,4H2,1-3H3. The van der Waals surface area contributed by atoms with Crippen molar-refractivity contribution in [3.8, 4) is 0 Å². The van der Waals surface area contributed by atoms with E-state index in [2.05, 4.69) is 36.2 Å². The van der Waals surface area contributed by atoms with Gasteiger partial charge in [0.1, 0.15) is 0 Å². The molecule has 0 unspecified atom stereocenters. The predicted octanol–water partition coefficient (Wildman–Crippen LogP) is 3.36. The van der Waals surface area contributed by atoms with E-state index in [1.54, 1.807) is 0 Å². The first kappa shape index (κ1) is 8.98. The SMILES string of the molecule is CCc1ccc(N=C(C)C)cc1. The van der Waals surface area contributed by atoms with Crippen molar-refractivity contribution in [2.45, 2.75) is 27.2 Å². The normalized spacial score (nSPS) is 9.58. The Morgan fingerprint density at radius 3 is 2.17 bits per heavy atom. The number of benzene rings is 1. The number of aryl methyl sites for hydroxylation is 1. The number of hydrogen-bond acceptors (Lipinski definition) is 1. The Bertz CT molecular complexity index is 266. The van der Waals surface area contributed by atoms with Crippen LogP contribution in [-0.2, 0) is 6.42 Å². The van der Waals surface area contributed by atoms with E-state index < -0.39 is 0 Å². The lowest BCUT2D eigenvalue weighted by atomic mass is 10.1. The lowest BCUT2D eigenvalue weighted by Crippen LogP contribution is -1.80. The van der Waals surface area contributed by atoms with Gasteiger partial charge in [-0.1, -0.05) is 19.1 Å². The molecule has 0 aliphatic heterocycles. The summed E-state index contributed by atoms with van der Waals surface area (Å²) >= 11 is 0. The van der Waals surface area contributed by atoms with E-state index in [1.165, 1.54) is 5.56 Å². The molecular formula is C11H15N. The van der Waals surface area contributed by atoms with Crippen LogP contribution in [0.2, 0.25) is 0 Å². The molecule has 0 aliphatic rings. The summed E-state index contributed by atoms with van der Waals surface area (Å²) in [6.07, 6.45) is 1.09. The van der Waals surface area contributed by atoms with Gasteiger partial charge in [0.15, 0.2) is 0 Å². The molecule has 0 spiro atoms. The van der Waals surface area contributed by atoms with Crippen LogP contribution >= 0.6 is 0 Å². The molecule has 0 fully saturated rings. The third kappa shape index (κ3) is 2.50. The minimum Gasteiger partial charge on any atom is -0.258 e. The summed E-state index contributed by atoms with van der Waals surface area (Å²) in [7, 11) is 0. The van der Waals surface area contributed by atoms with Crippen molar-refractivity contribution in [2.75, 3.05) is 0 Å². The monoisotopic (exact) mass is 161 g/mol. The van der Waals surface area contributed by atoms with Crippen LogP contribution in [0.1, 0.15) is 26.3 Å². The quantitative estimate of drug-likeness (QED) is 0.590. The van der Waals surface area contributed by atoms with Crippen molar-refractivity contribution < 1.29 is 0 Å². The lowest BCUT2D eigenvalue weighted by Gasteiger charge is -1.97. The van der Waals surface area contributed by atoms with E-state index in [-0.39, 0.29) is 0 Å². The molecule has 1 nitrogen and oxygen atoms in total. The molecule has 0 saturated carbocycles. The highest BCUT2D eigenvalue weighted by Crippen LogP contribution is 2.13. The van der Waals surface area contributed by atoms with Crippen molar-refractivity contribution in [1.82, 2.24) is 0 Å². The van der Waals surface area contributed by atoms with Crippen molar-refractivity contribution in [1.29, 1.82) is 0 Å². The molecule has 0 aromatic heterocycles. The van der Waals surface area contributed by atoms with Gasteiger partial charge in [-0.3, -0.25) is 4.99 Å². The zero-order valence-corrected chi connectivity index (χ0v) is 7.96. The number of aliphatic imine (C=N–C) groups is 1. The maximum atomic E-state index is 4.35. The minimum atomic E-state index is 1.05. The Hall–Kier alpha value is -1.11. The Morgan fingerprint density at radius 2 is 1.75 bits per heavy atom. The van der Waals surface area contributed by atoms with Crippen molar-refractivity contribution in [3.63, 3.8) is 0 Å². The van der Waals surface area contributed by atoms with Gasteiger partial charge in [-0.15, -0.1) is 0 Å². The molecule has 0 N–H and O–H groups in total. The molecule has 12 heavy (non-hydrogen) atoms. The summed E-state index contributed by atoms with van der Waals surface area (Å²) in [6, 6.07) is 8.38. The van der Waals surface area contributed by atoms with Gasteiger partial charge in [0.25, 0.3) is 0 Å². The maximum Gasteiger partial charge on any atom is 0.0628 e. The van der Waals surface area contributed by atoms with Gasteiger partial charge >= 0.3 is 0 Å². The Morgan fingerprint density at radius 1 is 1.17 bits per heavy atom. The largest absolute Gasteiger partial charge is 0.258 e. The van der Waals surface area contributed by atoms with Gasteiger partial charge in [0, 0.05) is 5.71 Å². The molecule has 0 bridgehead atoms. The van der Waals surface area contributed by atoms with Crippen molar-refractivity contribution in [2.24, 2.45) is 4.99 Å². The predicted molar refractivity (Wildman–Crippen MR) is 54.3 cm³/mol. The molecule has 0 atom stereocenters. The Labute approximate surface area is 74.2 Å². The first-order valence-corrected chi connectivity index (χ1v) is 4.33. The second-order valence-corrected chi connectivity index (χ2v) is 3.08. The second kappa shape index (κ2) is 4.05. The molecule has 1 aromatic rings. The third-order valence-electron chi connectivity index (χ3n) is 1.70. The third-order valence-corrected chi connectivity index (χ3v) is 1.70. The van der Waals surface area contributed by atoms with E-state index in [0.717, 1.165) is 17.8 Å². The number of rotatable bonds is 2. The first-order valence-electron chi connectivity index (χ1n) is 4.33. The minimum absolute atomic E-state index is 1.05. The molecule has 0 saturated heterocycles. The molecule has 0 amide bonds. The number of nitrogens with zero attached hydrogens (tertiary/aromatic N) is 1. The second-order valence-electron chi connectivity index (χ2n) is 3.08. The first-order chi connectivity index (χ1) is 5.72. The fraction of sp³-hybridized carbons (Fsp3) is 0.364. The van der Waals surface area contributed by atoms with Gasteiger partial charge in [-0.05, 0) is 38.0 Å². The Balaban J connectivity index is 2.85. The average Bonchev–Trinajstić information content (AvgIpc) is 2.05. The zero-order valence-electron chi connectivity index (χ0n) is 7.96. The highest BCUT2D eigenvalue weighted by atomic mass is 14.7. The Kier molecular flexibility index (Phi) is 3.03. The molecule has 0 heterocycles. The maximum absolute atomic E-state index is 4.35. The van der Waals surface area contributed by atoms with E-state index in [9.17, 15) is 0 Å². The van der Waals surface area contributed by atoms with Gasteiger partial charge in [0.05, 0.1) is 5.69 Å². The molecule has 0 radical (unpaired) electrons. The highest BCUT2D eigenvalue weighted by Gasteiger charge is 1.89. The molecule has 1 rings (SSSR count). The van der Waals surface area contributed by atoms with Gasteiger partial charge in [-0.2, -0.15) is 0 Å². The molecule has 1 aromatic carbocycles. The topological polar surface area (TPSA) is 12.4 Å². The molecule has 1 heteroatoms. The van der Waals surface area contributed by atoms with E-state index in [1.807, 2.05) is 13.8 Å². The van der Waals surface area contributed by atoms with Crippen LogP contribution in [0.15, 0.2) is 29.3 Å². The van der Waals surface area contributed by atoms with Crippen LogP contribution in [0.3, 0.4) is 0 Å². The highest BCUT2D eigenvalue weighted by molar-refractivity contribution is 5.81. The van der Waals surface area contributed by atoms with Crippen LogP contribution in [0.5, 0.6) is 0 Å². The van der Waals surface area contributed by atoms with Crippen LogP contribution in [-0.4, -0.2) is 5.71 Å². The van der Waals surface area contributed by atoms with Crippen LogP contribution < -0.4 is 0 Å². The lowest BCUT2D eigenvalue weighted by molar-refractivity contribution is 1.14. The van der Waals surface area contributed by atoms with E-state index in [0.29, 0.717) is 0 Å². The molecule has 64 valence electrons. The molecular weight excluding hydrogens is 146 g/mol. The molecule has 0 aliphatic carbocycles. The van der Waals surface area contributed by atoms with Gasteiger partial charge in [-0.25, -0.2) is 0 Å². The summed E-state index contributed by atoms with van der Waals surface area (Å²) in [5.74, 6) is 0. The van der Waals surface area contributed by atoms with Crippen LogP contribution in [0.25, 0.3) is 0 Å². The summed E-state index contributed by atoms with van der Waals surface area (Å²) in [5, 5.41) is 0. The van der Waals surface area contributed by atoms with Gasteiger partial charge in [0.2, 0.25) is 0 Å². The van der Waals surface area contributed by atoms with E-state index in [4.69, 9.17) is 0 Å². The van der Waals surface area contributed by atoms with Crippen LogP contribution in [0, 0.1) is 0 Å². The summed E-state index contributed by atoms with van der Waals surface area (Å²) < 4.78 is 0.